The van der Waals surface area contributed by atoms with Crippen molar-refractivity contribution in [3.63, 3.8) is 0 Å². The maximum absolute atomic E-state index is 5.48. The lowest BCUT2D eigenvalue weighted by Gasteiger charge is -2.21. The van der Waals surface area contributed by atoms with Crippen LogP contribution in [-0.2, 0) is 11.2 Å². The minimum Gasteiger partial charge on any atom is -0.381 e. The molecule has 0 saturated carbocycles. The van der Waals surface area contributed by atoms with Gasteiger partial charge in [0.15, 0.2) is 0 Å². The molecule has 100 valence electrons. The van der Waals surface area contributed by atoms with Crippen LogP contribution in [0.3, 0.4) is 0 Å². The van der Waals surface area contributed by atoms with Crippen LogP contribution in [0.2, 0.25) is 0 Å². The Labute approximate surface area is 111 Å². The van der Waals surface area contributed by atoms with E-state index in [1.54, 1.807) is 0 Å². The van der Waals surface area contributed by atoms with Crippen LogP contribution in [0, 0.1) is 5.92 Å². The van der Waals surface area contributed by atoms with Crippen molar-refractivity contribution in [2.45, 2.75) is 38.6 Å². The van der Waals surface area contributed by atoms with E-state index in [1.165, 1.54) is 24.8 Å². The van der Waals surface area contributed by atoms with Crippen molar-refractivity contribution in [1.29, 1.82) is 0 Å². The van der Waals surface area contributed by atoms with Crippen LogP contribution in [0.5, 0.6) is 0 Å². The number of nitrogens with one attached hydrogen (secondary N) is 1. The maximum atomic E-state index is 5.48. The summed E-state index contributed by atoms with van der Waals surface area (Å²) in [6, 6.07) is 11.4. The fourth-order valence-electron chi connectivity index (χ4n) is 2.66. The van der Waals surface area contributed by atoms with Gasteiger partial charge in [-0.05, 0) is 43.7 Å². The molecule has 1 heterocycles. The van der Waals surface area contributed by atoms with Gasteiger partial charge in [-0.25, -0.2) is 0 Å². The average Bonchev–Trinajstić information content (AvgIpc) is 2.90. The lowest BCUT2D eigenvalue weighted by atomic mass is 9.94. The van der Waals surface area contributed by atoms with Crippen LogP contribution in [0.4, 0.5) is 0 Å². The summed E-state index contributed by atoms with van der Waals surface area (Å²) in [5, 5.41) is 3.69. The predicted octanol–water partition coefficient (Wildman–Crippen LogP) is 3.02. The Morgan fingerprint density at radius 3 is 2.83 bits per heavy atom. The molecule has 2 unspecified atom stereocenters. The van der Waals surface area contributed by atoms with Crippen molar-refractivity contribution < 1.29 is 4.74 Å². The molecule has 0 radical (unpaired) electrons. The Hall–Kier alpha value is -0.860. The summed E-state index contributed by atoms with van der Waals surface area (Å²) < 4.78 is 5.48. The smallest absolute Gasteiger partial charge is 0.0495 e. The predicted molar refractivity (Wildman–Crippen MR) is 75.8 cm³/mol. The number of ether oxygens (including phenoxy) is 1. The van der Waals surface area contributed by atoms with Crippen LogP contribution in [0.25, 0.3) is 0 Å². The second-order valence-electron chi connectivity index (χ2n) is 5.31. The molecule has 18 heavy (non-hydrogen) atoms. The van der Waals surface area contributed by atoms with Crippen molar-refractivity contribution >= 4 is 0 Å². The fraction of sp³-hybridized carbons (Fsp3) is 0.625. The zero-order valence-corrected chi connectivity index (χ0v) is 11.4. The molecule has 2 nitrogen and oxygen atoms in total. The van der Waals surface area contributed by atoms with E-state index in [-0.39, 0.29) is 0 Å². The Bertz CT molecular complexity index is 319. The lowest BCUT2D eigenvalue weighted by molar-refractivity contribution is 0.181. The number of hydrogen-bond donors (Lipinski definition) is 1. The first kappa shape index (κ1) is 13.6. The van der Waals surface area contributed by atoms with Crippen LogP contribution in [0.1, 0.15) is 31.7 Å². The minimum absolute atomic E-state index is 0.596. The monoisotopic (exact) mass is 247 g/mol. The Morgan fingerprint density at radius 2 is 2.17 bits per heavy atom. The molecule has 1 aliphatic rings. The van der Waals surface area contributed by atoms with Crippen molar-refractivity contribution in [2.24, 2.45) is 5.92 Å². The van der Waals surface area contributed by atoms with Gasteiger partial charge in [0, 0.05) is 19.3 Å². The van der Waals surface area contributed by atoms with E-state index in [0.717, 1.165) is 32.1 Å². The lowest BCUT2D eigenvalue weighted by Crippen LogP contribution is -2.34. The molecule has 2 heteroatoms. The third-order valence-electron chi connectivity index (χ3n) is 3.65. The third kappa shape index (κ3) is 4.43. The molecule has 1 N–H and O–H groups in total. The van der Waals surface area contributed by atoms with Crippen molar-refractivity contribution in [3.8, 4) is 0 Å². The molecule has 2 rings (SSSR count). The largest absolute Gasteiger partial charge is 0.381 e. The summed E-state index contributed by atoms with van der Waals surface area (Å²) in [7, 11) is 0. The van der Waals surface area contributed by atoms with Gasteiger partial charge in [-0.15, -0.1) is 0 Å². The van der Waals surface area contributed by atoms with E-state index in [2.05, 4.69) is 42.6 Å². The van der Waals surface area contributed by atoms with Gasteiger partial charge in [0.2, 0.25) is 0 Å². The van der Waals surface area contributed by atoms with E-state index in [0.29, 0.717) is 6.04 Å². The molecule has 0 spiro atoms. The Kier molecular flexibility index (Phi) is 5.69. The molecule has 2 atom stereocenters. The average molecular weight is 247 g/mol. The Balaban J connectivity index is 1.87. The van der Waals surface area contributed by atoms with Crippen LogP contribution in [0.15, 0.2) is 30.3 Å². The molecule has 0 aliphatic carbocycles. The molecule has 0 aromatic heterocycles. The highest BCUT2D eigenvalue weighted by atomic mass is 16.5. The van der Waals surface area contributed by atoms with Crippen molar-refractivity contribution in [3.05, 3.63) is 35.9 Å². The molecule has 1 aliphatic heterocycles. The maximum Gasteiger partial charge on any atom is 0.0495 e. The third-order valence-corrected chi connectivity index (χ3v) is 3.65. The molecule has 0 bridgehead atoms. The van der Waals surface area contributed by atoms with E-state index in [1.807, 2.05) is 0 Å². The number of hydrogen-bond acceptors (Lipinski definition) is 2. The van der Waals surface area contributed by atoms with Gasteiger partial charge in [-0.3, -0.25) is 0 Å². The van der Waals surface area contributed by atoms with E-state index >= 15 is 0 Å². The molecule has 0 amide bonds. The summed E-state index contributed by atoms with van der Waals surface area (Å²) in [5.74, 6) is 0.753. The van der Waals surface area contributed by atoms with Gasteiger partial charge in [0.1, 0.15) is 0 Å². The topological polar surface area (TPSA) is 21.3 Å². The first-order chi connectivity index (χ1) is 8.88. The molecule has 1 saturated heterocycles. The van der Waals surface area contributed by atoms with Gasteiger partial charge in [-0.1, -0.05) is 37.3 Å². The molecular weight excluding hydrogens is 222 g/mol. The van der Waals surface area contributed by atoms with E-state index in [9.17, 15) is 0 Å². The van der Waals surface area contributed by atoms with Crippen LogP contribution in [-0.4, -0.2) is 25.8 Å². The standard InChI is InChI=1S/C16H25NO/c1-2-9-17-16(12-15-8-10-18-13-15)11-14-6-4-3-5-7-14/h3-7,15-17H,2,8-13H2,1H3. The van der Waals surface area contributed by atoms with Gasteiger partial charge in [-0.2, -0.15) is 0 Å². The van der Waals surface area contributed by atoms with Gasteiger partial charge >= 0.3 is 0 Å². The number of benzene rings is 1. The van der Waals surface area contributed by atoms with Gasteiger partial charge < -0.3 is 10.1 Å². The first-order valence-electron chi connectivity index (χ1n) is 7.23. The Morgan fingerprint density at radius 1 is 1.33 bits per heavy atom. The second-order valence-corrected chi connectivity index (χ2v) is 5.31. The summed E-state index contributed by atoms with van der Waals surface area (Å²) in [5.41, 5.74) is 1.44. The summed E-state index contributed by atoms with van der Waals surface area (Å²) in [6.45, 7) is 5.26. The summed E-state index contributed by atoms with van der Waals surface area (Å²) in [6.07, 6.45) is 4.82. The quantitative estimate of drug-likeness (QED) is 0.799. The SMILES string of the molecule is CCCNC(Cc1ccccc1)CC1CCOC1. The van der Waals surface area contributed by atoms with Crippen molar-refractivity contribution in [1.82, 2.24) is 5.32 Å². The van der Waals surface area contributed by atoms with Gasteiger partial charge in [0.25, 0.3) is 0 Å². The van der Waals surface area contributed by atoms with E-state index in [4.69, 9.17) is 4.74 Å². The van der Waals surface area contributed by atoms with Crippen LogP contribution < -0.4 is 5.32 Å². The molecule has 1 aromatic rings. The molecule has 1 aromatic carbocycles. The zero-order chi connectivity index (χ0) is 12.6. The van der Waals surface area contributed by atoms with Crippen molar-refractivity contribution in [2.75, 3.05) is 19.8 Å². The highest BCUT2D eigenvalue weighted by Gasteiger charge is 2.20. The summed E-state index contributed by atoms with van der Waals surface area (Å²) in [4.78, 5) is 0. The number of rotatable bonds is 7. The normalized spacial score (nSPS) is 21.1. The second kappa shape index (κ2) is 7.55. The van der Waals surface area contributed by atoms with E-state index < -0.39 is 0 Å². The highest BCUT2D eigenvalue weighted by Crippen LogP contribution is 2.20. The minimum atomic E-state index is 0.596. The van der Waals surface area contributed by atoms with Crippen LogP contribution >= 0.6 is 0 Å². The summed E-state index contributed by atoms with van der Waals surface area (Å²) >= 11 is 0. The molecular formula is C16H25NO. The molecule has 1 fully saturated rings. The zero-order valence-electron chi connectivity index (χ0n) is 11.4. The fourth-order valence-corrected chi connectivity index (χ4v) is 2.66. The van der Waals surface area contributed by atoms with Gasteiger partial charge in [0.05, 0.1) is 0 Å². The highest BCUT2D eigenvalue weighted by molar-refractivity contribution is 5.15. The first-order valence-corrected chi connectivity index (χ1v) is 7.23.